The number of aryl methyl sites for hydroxylation is 2. The van der Waals surface area contributed by atoms with Gasteiger partial charge >= 0.3 is 0 Å². The van der Waals surface area contributed by atoms with Crippen LogP contribution in [0.4, 0.5) is 0 Å². The van der Waals surface area contributed by atoms with Gasteiger partial charge in [0.15, 0.2) is 0 Å². The normalized spacial score (nSPS) is 18.6. The molecule has 4 heteroatoms. The third-order valence-corrected chi connectivity index (χ3v) is 6.89. The molecule has 2 aromatic carbocycles. The number of aromatic nitrogens is 3. The van der Waals surface area contributed by atoms with Gasteiger partial charge in [0.1, 0.15) is 11.6 Å². The highest BCUT2D eigenvalue weighted by Gasteiger charge is 2.21. The lowest BCUT2D eigenvalue weighted by Crippen LogP contribution is -2.34. The van der Waals surface area contributed by atoms with Crippen molar-refractivity contribution in [2.75, 3.05) is 19.6 Å². The van der Waals surface area contributed by atoms with Crippen LogP contribution >= 0.6 is 0 Å². The topological polar surface area (TPSA) is 34.0 Å². The average molecular weight is 389 g/mol. The van der Waals surface area contributed by atoms with Gasteiger partial charge in [-0.3, -0.25) is 0 Å². The second-order valence-corrected chi connectivity index (χ2v) is 8.82. The molecule has 4 nitrogen and oxygen atoms in total. The maximum Gasteiger partial charge on any atom is 0.133 e. The van der Waals surface area contributed by atoms with E-state index in [0.29, 0.717) is 5.92 Å². The van der Waals surface area contributed by atoms with Crippen molar-refractivity contribution in [3.63, 3.8) is 0 Å². The van der Waals surface area contributed by atoms with Gasteiger partial charge in [-0.05, 0) is 74.0 Å². The molecule has 3 heterocycles. The van der Waals surface area contributed by atoms with Crippen LogP contribution in [0.1, 0.15) is 61.7 Å². The van der Waals surface area contributed by atoms with E-state index in [1.54, 1.807) is 0 Å². The highest BCUT2D eigenvalue weighted by Crippen LogP contribution is 2.30. The second kappa shape index (κ2) is 8.66. The van der Waals surface area contributed by atoms with Crippen LogP contribution in [0.5, 0.6) is 0 Å². The number of hydrogen-bond donors (Lipinski definition) is 0. The fourth-order valence-corrected chi connectivity index (χ4v) is 5.14. The summed E-state index contributed by atoms with van der Waals surface area (Å²) in [6, 6.07) is 15.8. The van der Waals surface area contributed by atoms with E-state index in [2.05, 4.69) is 62.1 Å². The van der Waals surface area contributed by atoms with E-state index in [4.69, 9.17) is 0 Å². The van der Waals surface area contributed by atoms with Gasteiger partial charge in [-0.1, -0.05) is 48.9 Å². The number of rotatable bonds is 5. The van der Waals surface area contributed by atoms with Crippen molar-refractivity contribution in [1.82, 2.24) is 19.7 Å². The van der Waals surface area contributed by atoms with E-state index in [-0.39, 0.29) is 0 Å². The lowest BCUT2D eigenvalue weighted by molar-refractivity contribution is 0.210. The molecule has 2 aliphatic rings. The molecule has 1 saturated heterocycles. The van der Waals surface area contributed by atoms with Gasteiger partial charge in [0.05, 0.1) is 0 Å². The first-order valence-electron chi connectivity index (χ1n) is 11.5. The highest BCUT2D eigenvalue weighted by atomic mass is 15.3. The minimum Gasteiger partial charge on any atom is -0.315 e. The molecule has 0 saturated carbocycles. The summed E-state index contributed by atoms with van der Waals surface area (Å²) in [5, 5.41) is 11.7. The van der Waals surface area contributed by atoms with Crippen LogP contribution in [0.15, 0.2) is 42.5 Å². The van der Waals surface area contributed by atoms with Crippen molar-refractivity contribution in [3.05, 3.63) is 59.7 Å². The van der Waals surface area contributed by atoms with Crippen LogP contribution in [0.25, 0.3) is 10.8 Å². The Morgan fingerprint density at radius 1 is 0.862 bits per heavy atom. The minimum atomic E-state index is 0.711. The lowest BCUT2D eigenvalue weighted by atomic mass is 9.88. The number of benzene rings is 2. The molecule has 0 N–H and O–H groups in total. The monoisotopic (exact) mass is 388 g/mol. The molecule has 152 valence electrons. The van der Waals surface area contributed by atoms with Crippen LogP contribution in [-0.4, -0.2) is 39.3 Å². The van der Waals surface area contributed by atoms with Crippen LogP contribution in [-0.2, 0) is 19.4 Å². The van der Waals surface area contributed by atoms with Crippen LogP contribution in [0, 0.1) is 0 Å². The number of fused-ring (bicyclic) bond motifs is 2. The molecule has 1 aromatic heterocycles. The summed E-state index contributed by atoms with van der Waals surface area (Å²) in [6.07, 6.45) is 9.79. The Bertz CT molecular complexity index is 952. The van der Waals surface area contributed by atoms with Crippen molar-refractivity contribution < 1.29 is 0 Å². The zero-order valence-corrected chi connectivity index (χ0v) is 17.4. The highest BCUT2D eigenvalue weighted by molar-refractivity contribution is 5.83. The second-order valence-electron chi connectivity index (χ2n) is 8.82. The maximum atomic E-state index is 4.49. The molecule has 0 atom stereocenters. The summed E-state index contributed by atoms with van der Waals surface area (Å²) in [4.78, 5) is 2.65. The first-order chi connectivity index (χ1) is 14.4. The van der Waals surface area contributed by atoms with E-state index < -0.39 is 0 Å². The van der Waals surface area contributed by atoms with E-state index >= 15 is 0 Å². The quantitative estimate of drug-likeness (QED) is 0.619. The molecule has 29 heavy (non-hydrogen) atoms. The predicted molar refractivity (Wildman–Crippen MR) is 118 cm³/mol. The van der Waals surface area contributed by atoms with E-state index in [1.165, 1.54) is 86.1 Å². The number of hydrogen-bond acceptors (Lipinski definition) is 3. The van der Waals surface area contributed by atoms with Gasteiger partial charge in [0.2, 0.25) is 0 Å². The van der Waals surface area contributed by atoms with Crippen molar-refractivity contribution in [1.29, 1.82) is 0 Å². The molecule has 3 aromatic rings. The average Bonchev–Trinajstić information content (AvgIpc) is 3.00. The Morgan fingerprint density at radius 3 is 2.62 bits per heavy atom. The van der Waals surface area contributed by atoms with Crippen molar-refractivity contribution in [3.8, 4) is 0 Å². The number of nitrogens with zero attached hydrogens (tertiary/aromatic N) is 4. The molecule has 5 rings (SSSR count). The van der Waals surface area contributed by atoms with Crippen molar-refractivity contribution in [2.45, 2.75) is 63.8 Å². The predicted octanol–water partition coefficient (Wildman–Crippen LogP) is 4.97. The van der Waals surface area contributed by atoms with Crippen molar-refractivity contribution >= 4 is 10.8 Å². The van der Waals surface area contributed by atoms with Gasteiger partial charge < -0.3 is 9.47 Å². The van der Waals surface area contributed by atoms with Crippen LogP contribution in [0.3, 0.4) is 0 Å². The van der Waals surface area contributed by atoms with Gasteiger partial charge in [0, 0.05) is 19.4 Å². The van der Waals surface area contributed by atoms with E-state index in [0.717, 1.165) is 19.4 Å². The molecule has 0 spiro atoms. The fraction of sp³-hybridized carbons (Fsp3) is 0.520. The standard InChI is InChI=1S/C25H32N4/c1-2-9-24-26-27-25(29(24)16-5-1)10-6-15-28-17-13-21(14-18-28)23-12-11-20-7-3-4-8-22(20)19-23/h3-4,7-8,11-12,19,21H,1-2,5-6,9-10,13-18H2. The molecule has 0 bridgehead atoms. The smallest absolute Gasteiger partial charge is 0.133 e. The maximum absolute atomic E-state index is 4.49. The largest absolute Gasteiger partial charge is 0.315 e. The van der Waals surface area contributed by atoms with E-state index in [1.807, 2.05) is 0 Å². The van der Waals surface area contributed by atoms with E-state index in [9.17, 15) is 0 Å². The first-order valence-corrected chi connectivity index (χ1v) is 11.5. The Balaban J connectivity index is 1.12. The fourth-order valence-electron chi connectivity index (χ4n) is 5.14. The molecule has 0 amide bonds. The van der Waals surface area contributed by atoms with Crippen molar-refractivity contribution in [2.24, 2.45) is 0 Å². The molecule has 0 radical (unpaired) electrons. The zero-order chi connectivity index (χ0) is 19.5. The Morgan fingerprint density at radius 2 is 1.72 bits per heavy atom. The molecule has 1 fully saturated rings. The number of piperidine rings is 1. The third-order valence-electron chi connectivity index (χ3n) is 6.89. The summed E-state index contributed by atoms with van der Waals surface area (Å²) < 4.78 is 2.40. The van der Waals surface area contributed by atoms with Gasteiger partial charge in [-0.15, -0.1) is 10.2 Å². The molecular formula is C25H32N4. The summed E-state index contributed by atoms with van der Waals surface area (Å²) in [6.45, 7) is 4.74. The Kier molecular flexibility index (Phi) is 5.62. The summed E-state index contributed by atoms with van der Waals surface area (Å²) in [7, 11) is 0. The zero-order valence-electron chi connectivity index (χ0n) is 17.4. The van der Waals surface area contributed by atoms with Gasteiger partial charge in [0.25, 0.3) is 0 Å². The Labute approximate surface area is 173 Å². The SMILES string of the molecule is c1ccc2cc(C3CCN(CCCc4nnc5n4CCCCC5)CC3)ccc2c1. The number of likely N-dealkylation sites (tertiary alicyclic amines) is 1. The lowest BCUT2D eigenvalue weighted by Gasteiger charge is -2.32. The van der Waals surface area contributed by atoms with Crippen LogP contribution < -0.4 is 0 Å². The summed E-state index contributed by atoms with van der Waals surface area (Å²) in [5.74, 6) is 3.14. The minimum absolute atomic E-state index is 0.711. The Hall–Kier alpha value is -2.20. The molecular weight excluding hydrogens is 356 g/mol. The summed E-state index contributed by atoms with van der Waals surface area (Å²) >= 11 is 0. The van der Waals surface area contributed by atoms with Crippen LogP contribution in [0.2, 0.25) is 0 Å². The molecule has 0 unspecified atom stereocenters. The van der Waals surface area contributed by atoms with Gasteiger partial charge in [-0.25, -0.2) is 0 Å². The third kappa shape index (κ3) is 4.23. The molecule has 2 aliphatic heterocycles. The first kappa shape index (κ1) is 18.8. The van der Waals surface area contributed by atoms with Gasteiger partial charge in [-0.2, -0.15) is 0 Å². The summed E-state index contributed by atoms with van der Waals surface area (Å²) in [5.41, 5.74) is 1.52. The molecule has 0 aliphatic carbocycles.